The first-order chi connectivity index (χ1) is 11.2. The van der Waals surface area contributed by atoms with E-state index in [-0.39, 0.29) is 22.4 Å². The van der Waals surface area contributed by atoms with Gasteiger partial charge in [0, 0.05) is 11.6 Å². The van der Waals surface area contributed by atoms with Crippen molar-refractivity contribution in [3.63, 3.8) is 0 Å². The number of amides is 1. The van der Waals surface area contributed by atoms with Crippen LogP contribution in [0.5, 0.6) is 0 Å². The Kier molecular flexibility index (Phi) is 5.61. The lowest BCUT2D eigenvalue weighted by Gasteiger charge is -2.16. The molecule has 1 aliphatic carbocycles. The predicted molar refractivity (Wildman–Crippen MR) is 88.1 cm³/mol. The van der Waals surface area contributed by atoms with Crippen molar-refractivity contribution in [1.82, 2.24) is 10.0 Å². The second-order valence-corrected chi connectivity index (χ2v) is 8.13. The minimum absolute atomic E-state index is 0.00494. The van der Waals surface area contributed by atoms with E-state index in [0.717, 1.165) is 12.8 Å². The van der Waals surface area contributed by atoms with E-state index in [9.17, 15) is 18.0 Å². The number of carboxylic acids is 1. The Morgan fingerprint density at radius 2 is 1.79 bits per heavy atom. The maximum atomic E-state index is 12.2. The number of carbonyl (C=O) groups is 2. The summed E-state index contributed by atoms with van der Waals surface area (Å²) in [6.07, 6.45) is 2.00. The normalized spacial score (nSPS) is 16.0. The summed E-state index contributed by atoms with van der Waals surface area (Å²) in [5.41, 5.74) is 0.218. The van der Waals surface area contributed by atoms with E-state index in [1.807, 2.05) is 13.8 Å². The molecule has 1 aromatic rings. The van der Waals surface area contributed by atoms with Crippen LogP contribution in [0.15, 0.2) is 29.2 Å². The van der Waals surface area contributed by atoms with E-state index in [4.69, 9.17) is 5.11 Å². The molecule has 3 N–H and O–H groups in total. The van der Waals surface area contributed by atoms with Crippen molar-refractivity contribution in [1.29, 1.82) is 0 Å². The quantitative estimate of drug-likeness (QED) is 0.652. The Balaban J connectivity index is 2.06. The average Bonchev–Trinajstić information content (AvgIpc) is 3.29. The first kappa shape index (κ1) is 18.4. The molecule has 0 saturated heterocycles. The summed E-state index contributed by atoms with van der Waals surface area (Å²) >= 11 is 0. The summed E-state index contributed by atoms with van der Waals surface area (Å²) in [6.45, 7) is 3.74. The van der Waals surface area contributed by atoms with Crippen molar-refractivity contribution < 1.29 is 23.1 Å². The molecule has 8 heteroatoms. The van der Waals surface area contributed by atoms with Crippen LogP contribution < -0.4 is 10.0 Å². The largest absolute Gasteiger partial charge is 0.480 e. The first-order valence-electron chi connectivity index (χ1n) is 7.85. The van der Waals surface area contributed by atoms with Crippen LogP contribution in [-0.4, -0.2) is 37.5 Å². The standard InChI is InChI=1S/C16H22N2O5S/c1-10(2)9-14(16(20)21)17-15(19)11-3-7-13(8-4-11)24(22,23)18-12-5-6-12/h3-4,7-8,10,12,14,18H,5-6,9H2,1-2H3,(H,17,19)(H,20,21)/t14-/m1/s1. The molecule has 0 unspecified atom stereocenters. The van der Waals surface area contributed by atoms with Crippen molar-refractivity contribution in [3.05, 3.63) is 29.8 Å². The van der Waals surface area contributed by atoms with Gasteiger partial charge >= 0.3 is 5.97 Å². The molecular formula is C16H22N2O5S. The highest BCUT2D eigenvalue weighted by Gasteiger charge is 2.28. The van der Waals surface area contributed by atoms with Gasteiger partial charge < -0.3 is 10.4 Å². The highest BCUT2D eigenvalue weighted by molar-refractivity contribution is 7.89. The van der Waals surface area contributed by atoms with Crippen molar-refractivity contribution >= 4 is 21.9 Å². The molecule has 1 atom stereocenters. The SMILES string of the molecule is CC(C)C[C@@H](NC(=O)c1ccc(S(=O)(=O)NC2CC2)cc1)C(=O)O. The molecule has 0 heterocycles. The smallest absolute Gasteiger partial charge is 0.326 e. The molecule has 1 amide bonds. The number of hydrogen-bond donors (Lipinski definition) is 3. The molecule has 0 spiro atoms. The number of benzene rings is 1. The molecule has 24 heavy (non-hydrogen) atoms. The first-order valence-corrected chi connectivity index (χ1v) is 9.33. The highest BCUT2D eigenvalue weighted by Crippen LogP contribution is 2.22. The van der Waals surface area contributed by atoms with Crippen LogP contribution in [-0.2, 0) is 14.8 Å². The minimum Gasteiger partial charge on any atom is -0.480 e. The lowest BCUT2D eigenvalue weighted by molar-refractivity contribution is -0.139. The van der Waals surface area contributed by atoms with E-state index >= 15 is 0 Å². The molecule has 1 aromatic carbocycles. The van der Waals surface area contributed by atoms with E-state index < -0.39 is 27.9 Å². The number of carboxylic acid groups (broad SMARTS) is 1. The average molecular weight is 354 g/mol. The molecule has 0 aromatic heterocycles. The molecule has 0 aliphatic heterocycles. The monoisotopic (exact) mass is 354 g/mol. The van der Waals surface area contributed by atoms with Crippen LogP contribution >= 0.6 is 0 Å². The number of carbonyl (C=O) groups excluding carboxylic acids is 1. The summed E-state index contributed by atoms with van der Waals surface area (Å²) < 4.78 is 26.7. The summed E-state index contributed by atoms with van der Waals surface area (Å²) in [5.74, 6) is -1.51. The molecule has 1 fully saturated rings. The van der Waals surface area contributed by atoms with Crippen LogP contribution in [0.1, 0.15) is 43.5 Å². The third kappa shape index (κ3) is 5.04. The lowest BCUT2D eigenvalue weighted by atomic mass is 10.0. The molecular weight excluding hydrogens is 332 g/mol. The summed E-state index contributed by atoms with van der Waals surface area (Å²) in [7, 11) is -3.57. The predicted octanol–water partition coefficient (Wildman–Crippen LogP) is 1.36. The highest BCUT2D eigenvalue weighted by atomic mass is 32.2. The lowest BCUT2D eigenvalue weighted by Crippen LogP contribution is -2.41. The van der Waals surface area contributed by atoms with Crippen LogP contribution in [0.2, 0.25) is 0 Å². The molecule has 132 valence electrons. The molecule has 1 saturated carbocycles. The second-order valence-electron chi connectivity index (χ2n) is 6.41. The van der Waals surface area contributed by atoms with Crippen molar-refractivity contribution in [2.24, 2.45) is 5.92 Å². The molecule has 7 nitrogen and oxygen atoms in total. The topological polar surface area (TPSA) is 113 Å². The fraction of sp³-hybridized carbons (Fsp3) is 0.500. The van der Waals surface area contributed by atoms with Crippen molar-refractivity contribution in [3.8, 4) is 0 Å². The van der Waals surface area contributed by atoms with Gasteiger partial charge in [-0.05, 0) is 49.4 Å². The molecule has 0 bridgehead atoms. The van der Waals surface area contributed by atoms with Crippen LogP contribution in [0.3, 0.4) is 0 Å². The van der Waals surface area contributed by atoms with E-state index in [1.54, 1.807) is 0 Å². The Morgan fingerprint density at radius 1 is 1.21 bits per heavy atom. The maximum Gasteiger partial charge on any atom is 0.326 e. The van der Waals surface area contributed by atoms with Crippen LogP contribution in [0.4, 0.5) is 0 Å². The minimum atomic E-state index is -3.57. The van der Waals surface area contributed by atoms with E-state index in [2.05, 4.69) is 10.0 Å². The zero-order valence-corrected chi connectivity index (χ0v) is 14.5. The third-order valence-corrected chi connectivity index (χ3v) is 5.17. The van der Waals surface area contributed by atoms with Gasteiger partial charge in [-0.25, -0.2) is 17.9 Å². The Morgan fingerprint density at radius 3 is 2.25 bits per heavy atom. The van der Waals surface area contributed by atoms with Gasteiger partial charge in [-0.3, -0.25) is 4.79 Å². The zero-order chi connectivity index (χ0) is 17.9. The summed E-state index contributed by atoms with van der Waals surface area (Å²) in [5, 5.41) is 11.6. The van der Waals surface area contributed by atoms with Gasteiger partial charge in [0.15, 0.2) is 0 Å². The number of aliphatic carboxylic acids is 1. The van der Waals surface area contributed by atoms with Gasteiger partial charge in [-0.2, -0.15) is 0 Å². The van der Waals surface area contributed by atoms with Gasteiger partial charge in [0.05, 0.1) is 4.90 Å². The van der Waals surface area contributed by atoms with Gasteiger partial charge in [-0.1, -0.05) is 13.8 Å². The van der Waals surface area contributed by atoms with E-state index in [0.29, 0.717) is 6.42 Å². The fourth-order valence-corrected chi connectivity index (χ4v) is 3.51. The van der Waals surface area contributed by atoms with Gasteiger partial charge in [0.2, 0.25) is 10.0 Å². The fourth-order valence-electron chi connectivity index (χ4n) is 2.21. The summed E-state index contributed by atoms with van der Waals surface area (Å²) in [4.78, 5) is 23.4. The van der Waals surface area contributed by atoms with Gasteiger partial charge in [0.25, 0.3) is 5.91 Å². The molecule has 2 rings (SSSR count). The molecule has 1 aliphatic rings. The van der Waals surface area contributed by atoms with Crippen molar-refractivity contribution in [2.45, 2.75) is 50.1 Å². The maximum absolute atomic E-state index is 12.2. The Hall–Kier alpha value is -1.93. The third-order valence-electron chi connectivity index (χ3n) is 3.64. The van der Waals surface area contributed by atoms with Crippen LogP contribution in [0.25, 0.3) is 0 Å². The van der Waals surface area contributed by atoms with Gasteiger partial charge in [-0.15, -0.1) is 0 Å². The zero-order valence-electron chi connectivity index (χ0n) is 13.7. The van der Waals surface area contributed by atoms with Gasteiger partial charge in [0.1, 0.15) is 6.04 Å². The van der Waals surface area contributed by atoms with E-state index in [1.165, 1.54) is 24.3 Å². The number of hydrogen-bond acceptors (Lipinski definition) is 4. The molecule has 0 radical (unpaired) electrons. The number of sulfonamides is 1. The Labute approximate surface area is 141 Å². The Bertz CT molecular complexity index is 708. The van der Waals surface area contributed by atoms with Crippen molar-refractivity contribution in [2.75, 3.05) is 0 Å². The second kappa shape index (κ2) is 7.31. The van der Waals surface area contributed by atoms with Crippen LogP contribution in [0, 0.1) is 5.92 Å². The number of nitrogens with one attached hydrogen (secondary N) is 2. The summed E-state index contributed by atoms with van der Waals surface area (Å²) in [6, 6.07) is 4.48. The number of rotatable bonds is 8.